The second-order valence-electron chi connectivity index (χ2n) is 10.2. The minimum absolute atomic E-state index is 0.0118. The van der Waals surface area contributed by atoms with Gasteiger partial charge in [0.05, 0.1) is 17.1 Å². The molecule has 0 saturated carbocycles. The van der Waals surface area contributed by atoms with Gasteiger partial charge in [0.2, 0.25) is 5.95 Å². The Morgan fingerprint density at radius 3 is 2.68 bits per heavy atom. The Hall–Kier alpha value is -4.31. The molecule has 1 aliphatic heterocycles. The van der Waals surface area contributed by atoms with Gasteiger partial charge in [-0.05, 0) is 36.1 Å². The fourth-order valence-electron chi connectivity index (χ4n) is 4.81. The average molecular weight is 513 g/mol. The van der Waals surface area contributed by atoms with Crippen molar-refractivity contribution in [3.8, 4) is 11.4 Å². The van der Waals surface area contributed by atoms with Crippen molar-refractivity contribution < 1.29 is 8.78 Å². The van der Waals surface area contributed by atoms with Gasteiger partial charge in [-0.2, -0.15) is 4.39 Å². The molecule has 5 heterocycles. The molecule has 8 nitrogen and oxygen atoms in total. The first-order chi connectivity index (χ1) is 18.4. The van der Waals surface area contributed by atoms with Gasteiger partial charge in [0.25, 0.3) is 0 Å². The van der Waals surface area contributed by atoms with Gasteiger partial charge < -0.3 is 16.0 Å². The quantitative estimate of drug-likeness (QED) is 0.301. The number of piperidine rings is 1. The number of rotatable bonds is 6. The van der Waals surface area contributed by atoms with E-state index in [9.17, 15) is 8.78 Å². The fourth-order valence-corrected chi connectivity index (χ4v) is 4.81. The monoisotopic (exact) mass is 512 g/mol. The fraction of sp³-hybridized carbons (Fsp3) is 0.250. The summed E-state index contributed by atoms with van der Waals surface area (Å²) >= 11 is 0. The largest absolute Gasteiger partial charge is 0.366 e. The van der Waals surface area contributed by atoms with Crippen molar-refractivity contribution in [2.45, 2.75) is 26.3 Å². The highest BCUT2D eigenvalue weighted by Crippen LogP contribution is 2.36. The molecule has 0 amide bonds. The van der Waals surface area contributed by atoms with Crippen LogP contribution in [-0.2, 0) is 0 Å². The molecule has 3 N–H and O–H groups in total. The molecule has 1 fully saturated rings. The van der Waals surface area contributed by atoms with E-state index in [-0.39, 0.29) is 17.3 Å². The molecule has 0 radical (unpaired) electrons. The van der Waals surface area contributed by atoms with Gasteiger partial charge >= 0.3 is 0 Å². The molecule has 6 rings (SSSR count). The average Bonchev–Trinajstić information content (AvgIpc) is 2.83. The van der Waals surface area contributed by atoms with E-state index < -0.39 is 11.8 Å². The van der Waals surface area contributed by atoms with Gasteiger partial charge in [0, 0.05) is 48.2 Å². The van der Waals surface area contributed by atoms with E-state index in [1.807, 2.05) is 24.4 Å². The third kappa shape index (κ3) is 4.70. The summed E-state index contributed by atoms with van der Waals surface area (Å²) in [7, 11) is 0. The molecule has 1 saturated heterocycles. The van der Waals surface area contributed by atoms with Crippen molar-refractivity contribution >= 4 is 33.9 Å². The van der Waals surface area contributed by atoms with Crippen LogP contribution in [0.25, 0.3) is 27.9 Å². The van der Waals surface area contributed by atoms with Gasteiger partial charge in [-0.25, -0.2) is 24.3 Å². The number of fused-ring (bicyclic) bond motifs is 1. The zero-order valence-corrected chi connectivity index (χ0v) is 21.0. The van der Waals surface area contributed by atoms with E-state index in [1.165, 1.54) is 0 Å². The van der Waals surface area contributed by atoms with Crippen LogP contribution in [0.3, 0.4) is 0 Å². The van der Waals surface area contributed by atoms with E-state index in [0.717, 1.165) is 47.9 Å². The maximum Gasteiger partial charge on any atom is 0.217 e. The van der Waals surface area contributed by atoms with E-state index >= 15 is 0 Å². The van der Waals surface area contributed by atoms with E-state index in [1.54, 1.807) is 24.5 Å². The number of anilines is 3. The lowest BCUT2D eigenvalue weighted by atomic mass is 9.80. The third-order valence-electron chi connectivity index (χ3n) is 6.95. The van der Waals surface area contributed by atoms with Crippen LogP contribution < -0.4 is 16.0 Å². The number of allylic oxidation sites excluding steroid dienone is 4. The number of hydrogen-bond acceptors (Lipinski definition) is 8. The van der Waals surface area contributed by atoms with Crippen molar-refractivity contribution in [1.29, 1.82) is 0 Å². The highest BCUT2D eigenvalue weighted by atomic mass is 19.1. The minimum Gasteiger partial charge on any atom is -0.366 e. The number of hydrogen-bond donors (Lipinski definition) is 3. The Morgan fingerprint density at radius 2 is 1.92 bits per heavy atom. The summed E-state index contributed by atoms with van der Waals surface area (Å²) in [4.78, 5) is 22.2. The number of nitrogens with one attached hydrogen (secondary N) is 3. The molecule has 1 atom stereocenters. The molecule has 192 valence electrons. The molecule has 1 unspecified atom stereocenters. The third-order valence-corrected chi connectivity index (χ3v) is 6.95. The number of nitrogens with zero attached hydrogens (tertiary/aromatic N) is 5. The molecule has 0 aromatic carbocycles. The number of halogens is 2. The Bertz CT molecular complexity index is 1580. The number of aromatic nitrogens is 5. The van der Waals surface area contributed by atoms with Gasteiger partial charge in [-0.15, -0.1) is 0 Å². The summed E-state index contributed by atoms with van der Waals surface area (Å²) < 4.78 is 27.2. The first kappa shape index (κ1) is 24.1. The molecule has 0 spiro atoms. The first-order valence-corrected chi connectivity index (χ1v) is 12.4. The molecule has 2 aliphatic rings. The SMILES string of the molecule is CC1(C)CNCCC1Nc1nc(-c2ccnc(Nc3cc(F)cc(F)n3)c2)nc2cncc(C3=CC=C3)c12. The van der Waals surface area contributed by atoms with E-state index in [0.29, 0.717) is 28.8 Å². The highest BCUT2D eigenvalue weighted by Gasteiger charge is 2.33. The standard InChI is InChI=1S/C28H26F2N8/c1-28(2)15-31-8-7-21(28)35-27-25-19(16-4-3-5-16)13-32-14-20(25)34-26(38-27)17-6-9-33-23(10-17)37-24-12-18(29)11-22(30)36-24/h3-6,9-14,21,31H,7-8,15H2,1-2H3,(H,33,36,37)(H,34,35,38). The Labute approximate surface area is 218 Å². The van der Waals surface area contributed by atoms with Crippen molar-refractivity contribution in [2.24, 2.45) is 5.41 Å². The second kappa shape index (κ2) is 9.53. The predicted octanol–water partition coefficient (Wildman–Crippen LogP) is 5.26. The Morgan fingerprint density at radius 1 is 1.05 bits per heavy atom. The maximum absolute atomic E-state index is 13.6. The molecule has 4 aromatic heterocycles. The Kier molecular flexibility index (Phi) is 6.03. The normalized spacial score (nSPS) is 18.1. The van der Waals surface area contributed by atoms with Crippen LogP contribution in [0, 0.1) is 17.2 Å². The maximum atomic E-state index is 13.6. The van der Waals surface area contributed by atoms with Crippen molar-refractivity contribution in [1.82, 2.24) is 30.2 Å². The van der Waals surface area contributed by atoms with Gasteiger partial charge in [0.15, 0.2) is 5.82 Å². The van der Waals surface area contributed by atoms with Crippen molar-refractivity contribution in [2.75, 3.05) is 23.7 Å². The summed E-state index contributed by atoms with van der Waals surface area (Å²) in [5.74, 6) is -0.0633. The van der Waals surface area contributed by atoms with Gasteiger partial charge in [-0.1, -0.05) is 32.1 Å². The van der Waals surface area contributed by atoms with Crippen LogP contribution in [-0.4, -0.2) is 44.1 Å². The van der Waals surface area contributed by atoms with Crippen LogP contribution in [0.4, 0.5) is 26.2 Å². The first-order valence-electron chi connectivity index (χ1n) is 12.4. The molecule has 0 bridgehead atoms. The minimum atomic E-state index is -0.919. The molecule has 38 heavy (non-hydrogen) atoms. The van der Waals surface area contributed by atoms with E-state index in [4.69, 9.17) is 9.97 Å². The predicted molar refractivity (Wildman–Crippen MR) is 144 cm³/mol. The van der Waals surface area contributed by atoms with Crippen LogP contribution in [0.15, 0.2) is 61.1 Å². The zero-order valence-electron chi connectivity index (χ0n) is 21.0. The smallest absolute Gasteiger partial charge is 0.217 e. The zero-order chi connectivity index (χ0) is 26.3. The van der Waals surface area contributed by atoms with Crippen LogP contribution >= 0.6 is 0 Å². The number of pyridine rings is 3. The second-order valence-corrected chi connectivity index (χ2v) is 10.2. The lowest BCUT2D eigenvalue weighted by Gasteiger charge is -2.40. The molecule has 1 aliphatic carbocycles. The topological polar surface area (TPSA) is 101 Å². The van der Waals surface area contributed by atoms with Crippen LogP contribution in [0.2, 0.25) is 0 Å². The lowest BCUT2D eigenvalue weighted by Crippen LogP contribution is -2.49. The molecule has 4 aromatic rings. The summed E-state index contributed by atoms with van der Waals surface area (Å²) in [6, 6.07) is 5.53. The summed E-state index contributed by atoms with van der Waals surface area (Å²) in [6.45, 7) is 6.31. The van der Waals surface area contributed by atoms with E-state index in [2.05, 4.69) is 44.7 Å². The van der Waals surface area contributed by atoms with Gasteiger partial charge in [0.1, 0.15) is 23.3 Å². The van der Waals surface area contributed by atoms with Crippen molar-refractivity contribution in [3.05, 3.63) is 78.4 Å². The molecular formula is C28H26F2N8. The van der Waals surface area contributed by atoms with Crippen LogP contribution in [0.1, 0.15) is 25.8 Å². The van der Waals surface area contributed by atoms with Gasteiger partial charge in [-0.3, -0.25) is 4.98 Å². The van der Waals surface area contributed by atoms with Crippen molar-refractivity contribution in [3.63, 3.8) is 0 Å². The molecule has 10 heteroatoms. The summed E-state index contributed by atoms with van der Waals surface area (Å²) in [5, 5.41) is 11.0. The molecular weight excluding hydrogens is 486 g/mol. The Balaban J connectivity index is 1.43. The summed E-state index contributed by atoms with van der Waals surface area (Å²) in [5.41, 5.74) is 3.46. The lowest BCUT2D eigenvalue weighted by molar-refractivity contribution is 0.236. The highest BCUT2D eigenvalue weighted by molar-refractivity contribution is 6.02. The van der Waals surface area contributed by atoms with Crippen LogP contribution in [0.5, 0.6) is 0 Å². The summed E-state index contributed by atoms with van der Waals surface area (Å²) in [6.07, 6.45) is 12.2.